The molecular formula is C21H27IN2O3. The number of halogens is 1. The number of benzene rings is 1. The van der Waals surface area contributed by atoms with Gasteiger partial charge in [-0.15, -0.1) is 0 Å². The number of aromatic amines is 1. The highest BCUT2D eigenvalue weighted by Gasteiger charge is 2.23. The first kappa shape index (κ1) is 20.4. The topological polar surface area (TPSA) is 65.6 Å². The fraction of sp³-hybridized carbons (Fsp3) is 0.476. The molecule has 2 aromatic rings. The molecule has 1 aliphatic rings. The standard InChI is InChI=1S/C21H27IN2O3/c1-13-8-14(2)10-17(9-13)27-20-18(15(3)23-21(26)19(20)22)11-24-6-4-16(12-25)5-7-24/h8-10,16,25H,4-7,11-12H2,1-3H3,(H,23,26). The zero-order valence-corrected chi connectivity index (χ0v) is 18.3. The number of piperidine rings is 1. The number of likely N-dealkylation sites (tertiary alicyclic amines) is 1. The van der Waals surface area contributed by atoms with Gasteiger partial charge in [0.15, 0.2) is 5.75 Å². The summed E-state index contributed by atoms with van der Waals surface area (Å²) >= 11 is 2.07. The molecule has 0 bridgehead atoms. The Morgan fingerprint density at radius 1 is 1.19 bits per heavy atom. The van der Waals surface area contributed by atoms with Gasteiger partial charge >= 0.3 is 0 Å². The van der Waals surface area contributed by atoms with Crippen LogP contribution in [0.1, 0.15) is 35.2 Å². The number of aromatic nitrogens is 1. The van der Waals surface area contributed by atoms with Crippen LogP contribution in [-0.2, 0) is 6.54 Å². The van der Waals surface area contributed by atoms with Crippen molar-refractivity contribution in [3.8, 4) is 11.5 Å². The average molecular weight is 482 g/mol. The second-order valence-corrected chi connectivity index (χ2v) is 8.61. The Kier molecular flexibility index (Phi) is 6.60. The van der Waals surface area contributed by atoms with Crippen molar-refractivity contribution >= 4 is 22.6 Å². The van der Waals surface area contributed by atoms with Crippen LogP contribution in [0.3, 0.4) is 0 Å². The molecule has 1 aromatic heterocycles. The molecule has 1 aliphatic heterocycles. The SMILES string of the molecule is Cc1cc(C)cc(Oc2c(CN3CCC(CO)CC3)c(C)[nH]c(=O)c2I)c1. The van der Waals surface area contributed by atoms with Crippen LogP contribution >= 0.6 is 22.6 Å². The van der Waals surface area contributed by atoms with E-state index in [1.165, 1.54) is 0 Å². The average Bonchev–Trinajstić information content (AvgIpc) is 2.62. The summed E-state index contributed by atoms with van der Waals surface area (Å²) in [6.45, 7) is 8.91. The lowest BCUT2D eigenvalue weighted by Gasteiger charge is -2.31. The lowest BCUT2D eigenvalue weighted by molar-refractivity contribution is 0.126. The molecule has 0 aliphatic carbocycles. The van der Waals surface area contributed by atoms with Gasteiger partial charge in [0.25, 0.3) is 5.56 Å². The second-order valence-electron chi connectivity index (χ2n) is 7.53. The number of rotatable bonds is 5. The number of aliphatic hydroxyl groups excluding tert-OH is 1. The first-order chi connectivity index (χ1) is 12.9. The number of aliphatic hydroxyl groups is 1. The van der Waals surface area contributed by atoms with Crippen molar-refractivity contribution in [1.29, 1.82) is 0 Å². The van der Waals surface area contributed by atoms with Crippen LogP contribution in [0.4, 0.5) is 0 Å². The Morgan fingerprint density at radius 3 is 2.41 bits per heavy atom. The number of pyridine rings is 1. The van der Waals surface area contributed by atoms with Gasteiger partial charge in [0, 0.05) is 24.4 Å². The highest BCUT2D eigenvalue weighted by molar-refractivity contribution is 14.1. The van der Waals surface area contributed by atoms with E-state index in [4.69, 9.17) is 4.74 Å². The minimum atomic E-state index is -0.116. The van der Waals surface area contributed by atoms with Crippen molar-refractivity contribution in [3.63, 3.8) is 0 Å². The first-order valence-electron chi connectivity index (χ1n) is 9.38. The predicted molar refractivity (Wildman–Crippen MR) is 116 cm³/mol. The van der Waals surface area contributed by atoms with E-state index in [0.717, 1.165) is 60.6 Å². The lowest BCUT2D eigenvalue weighted by atomic mass is 9.97. The van der Waals surface area contributed by atoms with Crippen molar-refractivity contribution in [3.05, 3.63) is 54.5 Å². The molecule has 2 heterocycles. The van der Waals surface area contributed by atoms with Crippen LogP contribution in [0, 0.1) is 30.3 Å². The minimum Gasteiger partial charge on any atom is -0.456 e. The monoisotopic (exact) mass is 482 g/mol. The molecule has 2 N–H and O–H groups in total. The van der Waals surface area contributed by atoms with Crippen molar-refractivity contribution in [2.24, 2.45) is 5.92 Å². The van der Waals surface area contributed by atoms with E-state index in [1.807, 2.05) is 32.9 Å². The third kappa shape index (κ3) is 4.92. The van der Waals surface area contributed by atoms with Crippen molar-refractivity contribution < 1.29 is 9.84 Å². The first-order valence-corrected chi connectivity index (χ1v) is 10.5. The summed E-state index contributed by atoms with van der Waals surface area (Å²) in [5.74, 6) is 1.82. The fourth-order valence-corrected chi connectivity index (χ4v) is 4.23. The van der Waals surface area contributed by atoms with Crippen LogP contribution in [0.5, 0.6) is 11.5 Å². The molecule has 5 nitrogen and oxygen atoms in total. The number of nitrogens with zero attached hydrogens (tertiary/aromatic N) is 1. The molecule has 6 heteroatoms. The van der Waals surface area contributed by atoms with Crippen LogP contribution in [0.2, 0.25) is 0 Å². The molecule has 27 heavy (non-hydrogen) atoms. The van der Waals surface area contributed by atoms with E-state index < -0.39 is 0 Å². The maximum Gasteiger partial charge on any atom is 0.265 e. The summed E-state index contributed by atoms with van der Waals surface area (Å²) in [6, 6.07) is 6.10. The van der Waals surface area contributed by atoms with E-state index >= 15 is 0 Å². The van der Waals surface area contributed by atoms with E-state index in [1.54, 1.807) is 0 Å². The lowest BCUT2D eigenvalue weighted by Crippen LogP contribution is -2.35. The highest BCUT2D eigenvalue weighted by atomic mass is 127. The summed E-state index contributed by atoms with van der Waals surface area (Å²) in [7, 11) is 0. The van der Waals surface area contributed by atoms with E-state index in [2.05, 4.69) is 38.5 Å². The Morgan fingerprint density at radius 2 is 1.81 bits per heavy atom. The summed E-state index contributed by atoms with van der Waals surface area (Å²) in [5.41, 5.74) is 4.03. The minimum absolute atomic E-state index is 0.116. The van der Waals surface area contributed by atoms with Gasteiger partial charge in [-0.25, -0.2) is 0 Å². The molecule has 0 saturated carbocycles. The molecule has 0 spiro atoms. The predicted octanol–water partition coefficient (Wildman–Crippen LogP) is 3.90. The molecule has 3 rings (SSSR count). The number of aryl methyl sites for hydroxylation is 3. The number of H-pyrrole nitrogens is 1. The maximum absolute atomic E-state index is 12.3. The molecule has 1 aromatic carbocycles. The Labute approximate surface area is 173 Å². The normalized spacial score (nSPS) is 15.9. The molecule has 0 amide bonds. The highest BCUT2D eigenvalue weighted by Crippen LogP contribution is 2.32. The van der Waals surface area contributed by atoms with Gasteiger partial charge in [0.2, 0.25) is 0 Å². The largest absolute Gasteiger partial charge is 0.456 e. The van der Waals surface area contributed by atoms with Crippen molar-refractivity contribution in [2.45, 2.75) is 40.2 Å². The summed E-state index contributed by atoms with van der Waals surface area (Å²) < 4.78 is 6.83. The summed E-state index contributed by atoms with van der Waals surface area (Å²) in [6.07, 6.45) is 2.01. The quantitative estimate of drug-likeness (QED) is 0.635. The van der Waals surface area contributed by atoms with E-state index in [-0.39, 0.29) is 12.2 Å². The molecule has 1 saturated heterocycles. The van der Waals surface area contributed by atoms with Gasteiger partial charge in [-0.2, -0.15) is 0 Å². The van der Waals surface area contributed by atoms with Crippen LogP contribution in [0.15, 0.2) is 23.0 Å². The zero-order valence-electron chi connectivity index (χ0n) is 16.1. The van der Waals surface area contributed by atoms with Gasteiger partial charge in [-0.3, -0.25) is 9.69 Å². The molecule has 0 unspecified atom stereocenters. The van der Waals surface area contributed by atoms with Crippen LogP contribution in [0.25, 0.3) is 0 Å². The van der Waals surface area contributed by atoms with Gasteiger partial charge in [-0.1, -0.05) is 6.07 Å². The van der Waals surface area contributed by atoms with Gasteiger partial charge < -0.3 is 14.8 Å². The Bertz CT molecular complexity index is 850. The third-order valence-electron chi connectivity index (χ3n) is 5.19. The maximum atomic E-state index is 12.3. The van der Waals surface area contributed by atoms with Crippen LogP contribution in [-0.4, -0.2) is 34.7 Å². The van der Waals surface area contributed by atoms with Crippen LogP contribution < -0.4 is 10.3 Å². The fourth-order valence-electron chi connectivity index (χ4n) is 3.66. The summed E-state index contributed by atoms with van der Waals surface area (Å²) in [5, 5.41) is 9.35. The second kappa shape index (κ2) is 8.75. The molecule has 1 fully saturated rings. The van der Waals surface area contributed by atoms with Gasteiger partial charge in [-0.05, 0) is 98.5 Å². The van der Waals surface area contributed by atoms with Crippen molar-refractivity contribution in [1.82, 2.24) is 9.88 Å². The van der Waals surface area contributed by atoms with Crippen molar-refractivity contribution in [2.75, 3.05) is 19.7 Å². The number of hydrogen-bond acceptors (Lipinski definition) is 4. The smallest absolute Gasteiger partial charge is 0.265 e. The Balaban J connectivity index is 1.91. The molecular weight excluding hydrogens is 455 g/mol. The van der Waals surface area contributed by atoms with E-state index in [9.17, 15) is 9.90 Å². The van der Waals surface area contributed by atoms with Gasteiger partial charge in [0.05, 0.1) is 0 Å². The Hall–Kier alpha value is -1.38. The molecule has 0 atom stereocenters. The number of hydrogen-bond donors (Lipinski definition) is 2. The summed E-state index contributed by atoms with van der Waals surface area (Å²) in [4.78, 5) is 17.7. The number of ether oxygens (including phenoxy) is 1. The third-order valence-corrected chi connectivity index (χ3v) is 6.17. The van der Waals surface area contributed by atoms with Gasteiger partial charge in [0.1, 0.15) is 9.32 Å². The zero-order chi connectivity index (χ0) is 19.6. The molecule has 0 radical (unpaired) electrons. The van der Waals surface area contributed by atoms with E-state index in [0.29, 0.717) is 15.2 Å². The molecule has 146 valence electrons. The number of nitrogens with one attached hydrogen (secondary N) is 1.